The second kappa shape index (κ2) is 6.39. The summed E-state index contributed by atoms with van der Waals surface area (Å²) in [5.74, 6) is 0.281. The molecule has 2 saturated carbocycles. The lowest BCUT2D eigenvalue weighted by Gasteiger charge is -2.31. The van der Waals surface area contributed by atoms with E-state index in [0.717, 1.165) is 0 Å². The summed E-state index contributed by atoms with van der Waals surface area (Å²) in [5, 5.41) is 3.41. The summed E-state index contributed by atoms with van der Waals surface area (Å²) in [7, 11) is 1.98. The van der Waals surface area contributed by atoms with E-state index in [9.17, 15) is 4.79 Å². The van der Waals surface area contributed by atoms with Gasteiger partial charge in [-0.3, -0.25) is 4.79 Å². The smallest absolute Gasteiger partial charge is 0.236 e. The zero-order chi connectivity index (χ0) is 12.1. The van der Waals surface area contributed by atoms with Crippen LogP contribution < -0.4 is 5.32 Å². The Balaban J connectivity index is 1.70. The minimum atomic E-state index is 0.281. The summed E-state index contributed by atoms with van der Waals surface area (Å²) in [6.45, 7) is 0.539. The van der Waals surface area contributed by atoms with Gasteiger partial charge in [0, 0.05) is 19.1 Å². The quantitative estimate of drug-likeness (QED) is 0.815. The average molecular weight is 238 g/mol. The molecule has 2 aliphatic carbocycles. The largest absolute Gasteiger partial charge is 0.342 e. The van der Waals surface area contributed by atoms with E-state index in [0.29, 0.717) is 18.6 Å². The van der Waals surface area contributed by atoms with Crippen LogP contribution in [0.5, 0.6) is 0 Å². The molecule has 0 aromatic carbocycles. The molecule has 0 bridgehead atoms. The highest BCUT2D eigenvalue weighted by molar-refractivity contribution is 5.78. The minimum Gasteiger partial charge on any atom is -0.342 e. The molecule has 0 aliphatic heterocycles. The van der Waals surface area contributed by atoms with Gasteiger partial charge in [0.15, 0.2) is 0 Å². The van der Waals surface area contributed by atoms with Crippen molar-refractivity contribution in [1.29, 1.82) is 0 Å². The van der Waals surface area contributed by atoms with Gasteiger partial charge in [-0.05, 0) is 25.7 Å². The van der Waals surface area contributed by atoms with Gasteiger partial charge < -0.3 is 10.2 Å². The molecule has 0 saturated heterocycles. The molecule has 0 unspecified atom stereocenters. The van der Waals surface area contributed by atoms with Crippen molar-refractivity contribution in [2.24, 2.45) is 0 Å². The Hall–Kier alpha value is -0.570. The molecule has 17 heavy (non-hydrogen) atoms. The maximum absolute atomic E-state index is 12.1. The predicted molar refractivity (Wildman–Crippen MR) is 69.9 cm³/mol. The van der Waals surface area contributed by atoms with E-state index in [1.807, 2.05) is 11.9 Å². The molecule has 3 heteroatoms. The second-order valence-corrected chi connectivity index (χ2v) is 5.66. The van der Waals surface area contributed by atoms with E-state index in [2.05, 4.69) is 5.32 Å². The first-order valence-electron chi connectivity index (χ1n) is 7.26. The van der Waals surface area contributed by atoms with Gasteiger partial charge in [-0.2, -0.15) is 0 Å². The second-order valence-electron chi connectivity index (χ2n) is 5.66. The molecule has 2 aliphatic rings. The van der Waals surface area contributed by atoms with Gasteiger partial charge in [-0.15, -0.1) is 0 Å². The lowest BCUT2D eigenvalue weighted by Crippen LogP contribution is -2.44. The SMILES string of the molecule is CN(C(=O)CNC1CCCC1)C1CCCCC1. The van der Waals surface area contributed by atoms with E-state index in [1.54, 1.807) is 0 Å². The molecule has 0 heterocycles. The van der Waals surface area contributed by atoms with E-state index < -0.39 is 0 Å². The van der Waals surface area contributed by atoms with E-state index in [1.165, 1.54) is 57.8 Å². The van der Waals surface area contributed by atoms with Crippen molar-refractivity contribution < 1.29 is 4.79 Å². The minimum absolute atomic E-state index is 0.281. The normalized spacial score (nSPS) is 22.9. The number of likely N-dealkylation sites (N-methyl/N-ethyl adjacent to an activating group) is 1. The first kappa shape index (κ1) is 12.9. The monoisotopic (exact) mass is 238 g/mol. The Morgan fingerprint density at radius 2 is 1.65 bits per heavy atom. The molecule has 0 atom stereocenters. The van der Waals surface area contributed by atoms with Gasteiger partial charge in [0.25, 0.3) is 0 Å². The molecule has 0 spiro atoms. The third kappa shape index (κ3) is 3.70. The third-order valence-electron chi connectivity index (χ3n) is 4.41. The summed E-state index contributed by atoms with van der Waals surface area (Å²) >= 11 is 0. The standard InChI is InChI=1S/C14H26N2O/c1-16(13-9-3-2-4-10-13)14(17)11-15-12-7-5-6-8-12/h12-13,15H,2-11H2,1H3. The average Bonchev–Trinajstić information content (AvgIpc) is 2.89. The third-order valence-corrected chi connectivity index (χ3v) is 4.41. The molecule has 0 radical (unpaired) electrons. The molecule has 3 nitrogen and oxygen atoms in total. The number of hydrogen-bond donors (Lipinski definition) is 1. The molecule has 1 N–H and O–H groups in total. The van der Waals surface area contributed by atoms with Gasteiger partial charge in [-0.25, -0.2) is 0 Å². The maximum atomic E-state index is 12.1. The highest BCUT2D eigenvalue weighted by atomic mass is 16.2. The highest BCUT2D eigenvalue weighted by Crippen LogP contribution is 2.22. The van der Waals surface area contributed by atoms with Crippen LogP contribution in [-0.2, 0) is 4.79 Å². The summed E-state index contributed by atoms with van der Waals surface area (Å²) in [6.07, 6.45) is 11.5. The van der Waals surface area contributed by atoms with E-state index >= 15 is 0 Å². The van der Waals surface area contributed by atoms with Crippen LogP contribution >= 0.6 is 0 Å². The molecule has 2 rings (SSSR count). The van der Waals surface area contributed by atoms with Crippen LogP contribution in [0.25, 0.3) is 0 Å². The van der Waals surface area contributed by atoms with Crippen molar-refractivity contribution in [1.82, 2.24) is 10.2 Å². The zero-order valence-corrected chi connectivity index (χ0v) is 11.1. The van der Waals surface area contributed by atoms with Gasteiger partial charge in [0.2, 0.25) is 5.91 Å². The van der Waals surface area contributed by atoms with Gasteiger partial charge >= 0.3 is 0 Å². The lowest BCUT2D eigenvalue weighted by molar-refractivity contribution is -0.131. The molecule has 0 aromatic rings. The Kier molecular flexibility index (Phi) is 4.84. The van der Waals surface area contributed by atoms with E-state index in [4.69, 9.17) is 0 Å². The van der Waals surface area contributed by atoms with Crippen LogP contribution in [0, 0.1) is 0 Å². The van der Waals surface area contributed by atoms with Crippen molar-refractivity contribution in [3.63, 3.8) is 0 Å². The van der Waals surface area contributed by atoms with E-state index in [-0.39, 0.29) is 5.91 Å². The summed E-state index contributed by atoms with van der Waals surface area (Å²) < 4.78 is 0. The Morgan fingerprint density at radius 1 is 1.06 bits per heavy atom. The number of carbonyl (C=O) groups excluding carboxylic acids is 1. The molecular weight excluding hydrogens is 212 g/mol. The van der Waals surface area contributed by atoms with Gasteiger partial charge in [-0.1, -0.05) is 32.1 Å². The van der Waals surface area contributed by atoms with Crippen molar-refractivity contribution in [2.45, 2.75) is 69.9 Å². The van der Waals surface area contributed by atoms with Gasteiger partial charge in [0.1, 0.15) is 0 Å². The number of amides is 1. The topological polar surface area (TPSA) is 32.3 Å². The summed E-state index contributed by atoms with van der Waals surface area (Å²) in [4.78, 5) is 14.0. The molecule has 0 aromatic heterocycles. The van der Waals surface area contributed by atoms with Crippen molar-refractivity contribution in [2.75, 3.05) is 13.6 Å². The van der Waals surface area contributed by atoms with Crippen LogP contribution in [-0.4, -0.2) is 36.5 Å². The fourth-order valence-electron chi connectivity index (χ4n) is 3.16. The van der Waals surface area contributed by atoms with Crippen molar-refractivity contribution in [3.05, 3.63) is 0 Å². The Labute approximate surface area is 105 Å². The van der Waals surface area contributed by atoms with Crippen LogP contribution in [0.3, 0.4) is 0 Å². The van der Waals surface area contributed by atoms with Crippen molar-refractivity contribution >= 4 is 5.91 Å². The Morgan fingerprint density at radius 3 is 2.29 bits per heavy atom. The van der Waals surface area contributed by atoms with Crippen LogP contribution in [0.15, 0.2) is 0 Å². The van der Waals surface area contributed by atoms with Crippen LogP contribution in [0.1, 0.15) is 57.8 Å². The molecular formula is C14H26N2O. The molecule has 2 fully saturated rings. The van der Waals surface area contributed by atoms with Crippen LogP contribution in [0.4, 0.5) is 0 Å². The predicted octanol–water partition coefficient (Wildman–Crippen LogP) is 2.31. The van der Waals surface area contributed by atoms with Gasteiger partial charge in [0.05, 0.1) is 6.54 Å². The Bertz CT molecular complexity index is 243. The molecule has 1 amide bonds. The highest BCUT2D eigenvalue weighted by Gasteiger charge is 2.22. The number of rotatable bonds is 4. The number of hydrogen-bond acceptors (Lipinski definition) is 2. The molecule has 98 valence electrons. The maximum Gasteiger partial charge on any atom is 0.236 e. The zero-order valence-electron chi connectivity index (χ0n) is 11.1. The summed E-state index contributed by atoms with van der Waals surface area (Å²) in [6, 6.07) is 1.10. The van der Waals surface area contributed by atoms with Crippen LogP contribution in [0.2, 0.25) is 0 Å². The van der Waals surface area contributed by atoms with Crippen molar-refractivity contribution in [3.8, 4) is 0 Å². The number of carbonyl (C=O) groups is 1. The lowest BCUT2D eigenvalue weighted by atomic mass is 9.94. The number of nitrogens with one attached hydrogen (secondary N) is 1. The number of nitrogens with zero attached hydrogens (tertiary/aromatic N) is 1. The fraction of sp³-hybridized carbons (Fsp3) is 0.929. The summed E-state index contributed by atoms with van der Waals surface area (Å²) in [5.41, 5.74) is 0. The fourth-order valence-corrected chi connectivity index (χ4v) is 3.16. The first-order valence-corrected chi connectivity index (χ1v) is 7.26. The first-order chi connectivity index (χ1) is 8.27.